The molecule has 0 radical (unpaired) electrons. The number of hydrogen-bond acceptors (Lipinski definition) is 3. The van der Waals surface area contributed by atoms with Gasteiger partial charge in [0.15, 0.2) is 0 Å². The van der Waals surface area contributed by atoms with Gasteiger partial charge in [0, 0.05) is 6.54 Å². The van der Waals surface area contributed by atoms with E-state index in [-0.39, 0.29) is 5.78 Å². The van der Waals surface area contributed by atoms with Gasteiger partial charge in [-0.1, -0.05) is 18.6 Å². The van der Waals surface area contributed by atoms with E-state index in [9.17, 15) is 13.2 Å². The molecule has 0 N–H and O–H groups in total. The van der Waals surface area contributed by atoms with Crippen molar-refractivity contribution in [3.05, 3.63) is 29.3 Å². The standard InChI is InChI=1S/C15H21NO3S/c1-11-7-8-12(2)15(10-11)20(18,19)16-9-5-4-6-14(16)13(3)17/h7-8,10,14H,4-6,9H2,1-3H3. The minimum absolute atomic E-state index is 0.0708. The molecule has 1 aromatic carbocycles. The van der Waals surface area contributed by atoms with Crippen LogP contribution in [-0.2, 0) is 14.8 Å². The number of piperidine rings is 1. The van der Waals surface area contributed by atoms with Crippen molar-refractivity contribution in [1.82, 2.24) is 4.31 Å². The highest BCUT2D eigenvalue weighted by molar-refractivity contribution is 7.89. The van der Waals surface area contributed by atoms with Crippen molar-refractivity contribution in [1.29, 1.82) is 0 Å². The molecule has 1 heterocycles. The van der Waals surface area contributed by atoms with Gasteiger partial charge < -0.3 is 0 Å². The van der Waals surface area contributed by atoms with E-state index in [0.717, 1.165) is 24.0 Å². The van der Waals surface area contributed by atoms with Gasteiger partial charge in [-0.15, -0.1) is 0 Å². The first kappa shape index (κ1) is 15.2. The number of rotatable bonds is 3. The molecule has 110 valence electrons. The van der Waals surface area contributed by atoms with Crippen LogP contribution in [0.5, 0.6) is 0 Å². The third-order valence-corrected chi connectivity index (χ3v) is 5.90. The second kappa shape index (κ2) is 5.66. The fourth-order valence-electron chi connectivity index (χ4n) is 2.71. The van der Waals surface area contributed by atoms with Crippen molar-refractivity contribution in [3.63, 3.8) is 0 Å². The SMILES string of the molecule is CC(=O)C1CCCCN1S(=O)(=O)c1cc(C)ccc1C. The van der Waals surface area contributed by atoms with Crippen LogP contribution >= 0.6 is 0 Å². The molecular weight excluding hydrogens is 274 g/mol. The van der Waals surface area contributed by atoms with Crippen molar-refractivity contribution in [2.45, 2.75) is 51.0 Å². The van der Waals surface area contributed by atoms with Crippen molar-refractivity contribution >= 4 is 15.8 Å². The summed E-state index contributed by atoms with van der Waals surface area (Å²) in [6.45, 7) is 5.57. The van der Waals surface area contributed by atoms with Crippen LogP contribution in [0.15, 0.2) is 23.1 Å². The molecule has 0 amide bonds. The molecule has 1 aliphatic heterocycles. The lowest BCUT2D eigenvalue weighted by Gasteiger charge is -2.33. The number of carbonyl (C=O) groups is 1. The second-order valence-corrected chi connectivity index (χ2v) is 7.37. The van der Waals surface area contributed by atoms with Gasteiger partial charge in [-0.25, -0.2) is 8.42 Å². The second-order valence-electron chi connectivity index (χ2n) is 5.51. The van der Waals surface area contributed by atoms with Gasteiger partial charge >= 0.3 is 0 Å². The molecule has 1 saturated heterocycles. The van der Waals surface area contributed by atoms with E-state index in [1.807, 2.05) is 19.1 Å². The monoisotopic (exact) mass is 295 g/mol. The minimum atomic E-state index is -3.60. The lowest BCUT2D eigenvalue weighted by Crippen LogP contribution is -2.47. The minimum Gasteiger partial charge on any atom is -0.298 e. The van der Waals surface area contributed by atoms with Gasteiger partial charge in [-0.3, -0.25) is 4.79 Å². The lowest BCUT2D eigenvalue weighted by molar-refractivity contribution is -0.121. The van der Waals surface area contributed by atoms with Crippen LogP contribution in [-0.4, -0.2) is 31.1 Å². The molecule has 20 heavy (non-hydrogen) atoms. The quantitative estimate of drug-likeness (QED) is 0.860. The largest absolute Gasteiger partial charge is 0.298 e. The van der Waals surface area contributed by atoms with E-state index < -0.39 is 16.1 Å². The molecule has 1 fully saturated rings. The highest BCUT2D eigenvalue weighted by atomic mass is 32.2. The predicted octanol–water partition coefficient (Wildman–Crippen LogP) is 2.44. The molecule has 5 heteroatoms. The summed E-state index contributed by atoms with van der Waals surface area (Å²) in [5.41, 5.74) is 1.63. The van der Waals surface area contributed by atoms with Crippen LogP contribution in [0.4, 0.5) is 0 Å². The Morgan fingerprint density at radius 3 is 2.60 bits per heavy atom. The number of aryl methyl sites for hydroxylation is 2. The molecule has 0 aromatic heterocycles. The van der Waals surface area contributed by atoms with E-state index >= 15 is 0 Å². The zero-order valence-corrected chi connectivity index (χ0v) is 13.0. The fourth-order valence-corrected chi connectivity index (χ4v) is 4.73. The maximum absolute atomic E-state index is 12.8. The Hall–Kier alpha value is -1.20. The molecule has 0 saturated carbocycles. The smallest absolute Gasteiger partial charge is 0.244 e. The lowest BCUT2D eigenvalue weighted by atomic mass is 10.0. The fraction of sp³-hybridized carbons (Fsp3) is 0.533. The topological polar surface area (TPSA) is 54.5 Å². The molecule has 1 unspecified atom stereocenters. The van der Waals surface area contributed by atoms with Gasteiger partial charge in [0.1, 0.15) is 5.78 Å². The first-order valence-corrected chi connectivity index (χ1v) is 8.37. The summed E-state index contributed by atoms with van der Waals surface area (Å²) in [7, 11) is -3.60. The molecule has 1 aliphatic rings. The van der Waals surface area contributed by atoms with E-state index in [0.29, 0.717) is 17.9 Å². The van der Waals surface area contributed by atoms with Crippen LogP contribution in [0.3, 0.4) is 0 Å². The van der Waals surface area contributed by atoms with Crippen molar-refractivity contribution in [2.24, 2.45) is 0 Å². The first-order valence-electron chi connectivity index (χ1n) is 6.93. The van der Waals surface area contributed by atoms with Gasteiger partial charge in [0.25, 0.3) is 0 Å². The molecule has 0 bridgehead atoms. The van der Waals surface area contributed by atoms with Crippen LogP contribution in [0.2, 0.25) is 0 Å². The summed E-state index contributed by atoms with van der Waals surface area (Å²) in [5, 5.41) is 0. The Morgan fingerprint density at radius 2 is 1.95 bits per heavy atom. The Morgan fingerprint density at radius 1 is 1.25 bits per heavy atom. The summed E-state index contributed by atoms with van der Waals surface area (Å²) in [6, 6.07) is 4.90. The summed E-state index contributed by atoms with van der Waals surface area (Å²) in [6.07, 6.45) is 2.34. The maximum Gasteiger partial charge on any atom is 0.244 e. The summed E-state index contributed by atoms with van der Waals surface area (Å²) in [5.74, 6) is -0.0708. The number of carbonyl (C=O) groups excluding carboxylic acids is 1. The third-order valence-electron chi connectivity index (χ3n) is 3.85. The van der Waals surface area contributed by atoms with Gasteiger partial charge in [0.05, 0.1) is 10.9 Å². The third kappa shape index (κ3) is 2.79. The number of benzene rings is 1. The molecule has 2 rings (SSSR count). The number of nitrogens with zero attached hydrogens (tertiary/aromatic N) is 1. The highest BCUT2D eigenvalue weighted by Crippen LogP contribution is 2.28. The summed E-state index contributed by atoms with van der Waals surface area (Å²) >= 11 is 0. The Balaban J connectivity index is 2.47. The average molecular weight is 295 g/mol. The molecule has 0 aliphatic carbocycles. The van der Waals surface area contributed by atoms with E-state index in [1.165, 1.54) is 11.2 Å². The van der Waals surface area contributed by atoms with E-state index in [1.54, 1.807) is 13.0 Å². The molecule has 1 aromatic rings. The maximum atomic E-state index is 12.8. The zero-order valence-electron chi connectivity index (χ0n) is 12.2. The zero-order chi connectivity index (χ0) is 14.9. The Bertz CT molecular complexity index is 622. The predicted molar refractivity (Wildman–Crippen MR) is 78.1 cm³/mol. The van der Waals surface area contributed by atoms with E-state index in [2.05, 4.69) is 0 Å². The molecule has 1 atom stereocenters. The molecule has 0 spiro atoms. The number of sulfonamides is 1. The van der Waals surface area contributed by atoms with Gasteiger partial charge in [0.2, 0.25) is 10.0 Å². The van der Waals surface area contributed by atoms with Crippen molar-refractivity contribution in [2.75, 3.05) is 6.54 Å². The normalized spacial score (nSPS) is 20.9. The average Bonchev–Trinajstić information content (AvgIpc) is 2.41. The van der Waals surface area contributed by atoms with Gasteiger partial charge in [-0.2, -0.15) is 4.31 Å². The highest BCUT2D eigenvalue weighted by Gasteiger charge is 2.36. The first-order chi connectivity index (χ1) is 9.34. The Labute approximate surface area is 120 Å². The van der Waals surface area contributed by atoms with Gasteiger partial charge in [-0.05, 0) is 50.8 Å². The number of ketones is 1. The molecule has 4 nitrogen and oxygen atoms in total. The van der Waals surface area contributed by atoms with Crippen molar-refractivity contribution < 1.29 is 13.2 Å². The van der Waals surface area contributed by atoms with Crippen molar-refractivity contribution in [3.8, 4) is 0 Å². The summed E-state index contributed by atoms with van der Waals surface area (Å²) < 4.78 is 27.1. The number of hydrogen-bond donors (Lipinski definition) is 0. The van der Waals surface area contributed by atoms with Crippen LogP contribution in [0, 0.1) is 13.8 Å². The van der Waals surface area contributed by atoms with Crippen LogP contribution in [0.25, 0.3) is 0 Å². The molecular formula is C15H21NO3S. The summed E-state index contributed by atoms with van der Waals surface area (Å²) in [4.78, 5) is 12.1. The van der Waals surface area contributed by atoms with Crippen LogP contribution in [0.1, 0.15) is 37.3 Å². The number of Topliss-reactive ketones (excluding diaryl/α,β-unsaturated/α-hetero) is 1. The van der Waals surface area contributed by atoms with Crippen LogP contribution < -0.4 is 0 Å². The van der Waals surface area contributed by atoms with E-state index in [4.69, 9.17) is 0 Å². The Kier molecular flexibility index (Phi) is 4.30.